The smallest absolute Gasteiger partial charge is 0.268 e. The molecule has 1 aromatic carbocycles. The molecule has 1 aliphatic heterocycles. The van der Waals surface area contributed by atoms with Crippen molar-refractivity contribution in [3.63, 3.8) is 0 Å². The van der Waals surface area contributed by atoms with Crippen molar-refractivity contribution in [1.29, 1.82) is 0 Å². The van der Waals surface area contributed by atoms with Crippen LogP contribution in [0.3, 0.4) is 0 Å². The van der Waals surface area contributed by atoms with E-state index in [1.165, 1.54) is 4.57 Å². The van der Waals surface area contributed by atoms with Crippen molar-refractivity contribution in [2.75, 3.05) is 0 Å². The number of nitrogens with one attached hydrogen (secondary N) is 1. The second-order valence-electron chi connectivity index (χ2n) is 6.67. The van der Waals surface area contributed by atoms with Gasteiger partial charge in [-0.2, -0.15) is 0 Å². The number of pyridine rings is 1. The minimum Gasteiger partial charge on any atom is -0.370 e. The molecule has 0 fully saturated rings. The van der Waals surface area contributed by atoms with Gasteiger partial charge in [0.05, 0.1) is 29.0 Å². The van der Waals surface area contributed by atoms with Crippen LogP contribution < -0.4 is 5.56 Å². The molecule has 25 heavy (non-hydrogen) atoms. The van der Waals surface area contributed by atoms with Gasteiger partial charge >= 0.3 is 0 Å². The van der Waals surface area contributed by atoms with E-state index in [0.717, 1.165) is 29.8 Å². The van der Waals surface area contributed by atoms with Gasteiger partial charge < -0.3 is 9.72 Å². The molecular formula is C19H19N3O2S. The molecule has 0 bridgehead atoms. The Hall–Kier alpha value is -2.31. The molecule has 2 aromatic heterocycles. The van der Waals surface area contributed by atoms with Gasteiger partial charge in [0.25, 0.3) is 5.56 Å². The summed E-state index contributed by atoms with van der Waals surface area (Å²) in [5, 5.41) is 0.528. The summed E-state index contributed by atoms with van der Waals surface area (Å²) >= 11 is 5.41. The van der Waals surface area contributed by atoms with Crippen LogP contribution in [-0.2, 0) is 17.8 Å². The van der Waals surface area contributed by atoms with Crippen LogP contribution >= 0.6 is 12.2 Å². The predicted molar refractivity (Wildman–Crippen MR) is 99.7 cm³/mol. The van der Waals surface area contributed by atoms with Crippen molar-refractivity contribution in [3.05, 3.63) is 62.8 Å². The maximum Gasteiger partial charge on any atom is 0.268 e. The van der Waals surface area contributed by atoms with Crippen LogP contribution in [-0.4, -0.2) is 20.1 Å². The Labute approximate surface area is 150 Å². The number of hydrogen-bond donors (Lipinski definition) is 1. The van der Waals surface area contributed by atoms with Crippen LogP contribution in [0.4, 0.5) is 0 Å². The van der Waals surface area contributed by atoms with E-state index in [0.29, 0.717) is 22.4 Å². The minimum absolute atomic E-state index is 0.163. The maximum atomic E-state index is 13.0. The molecule has 0 spiro atoms. The number of fused-ring (bicyclic) bond motifs is 2. The number of rotatable bonds is 2. The number of nitrogens with zero attached hydrogens (tertiary/aromatic N) is 2. The lowest BCUT2D eigenvalue weighted by Crippen LogP contribution is -2.35. The summed E-state index contributed by atoms with van der Waals surface area (Å²) in [4.78, 5) is 20.8. The van der Waals surface area contributed by atoms with Crippen LogP contribution in [0.1, 0.15) is 31.5 Å². The van der Waals surface area contributed by atoms with Crippen molar-refractivity contribution < 1.29 is 4.74 Å². The third kappa shape index (κ3) is 2.71. The van der Waals surface area contributed by atoms with Crippen LogP contribution in [0.25, 0.3) is 16.7 Å². The Morgan fingerprint density at radius 1 is 1.36 bits per heavy atom. The quantitative estimate of drug-likeness (QED) is 0.714. The van der Waals surface area contributed by atoms with E-state index < -0.39 is 0 Å². The summed E-state index contributed by atoms with van der Waals surface area (Å²) < 4.78 is 7.84. The van der Waals surface area contributed by atoms with Gasteiger partial charge in [-0.3, -0.25) is 9.36 Å². The van der Waals surface area contributed by atoms with Gasteiger partial charge in [0, 0.05) is 12.0 Å². The van der Waals surface area contributed by atoms with E-state index in [2.05, 4.69) is 18.8 Å². The topological polar surface area (TPSA) is 59.9 Å². The lowest BCUT2D eigenvalue weighted by Gasteiger charge is -2.33. The first-order valence-corrected chi connectivity index (χ1v) is 8.79. The van der Waals surface area contributed by atoms with E-state index >= 15 is 0 Å². The van der Waals surface area contributed by atoms with E-state index in [-0.39, 0.29) is 11.2 Å². The fourth-order valence-corrected chi connectivity index (χ4v) is 3.48. The number of ether oxygens (including phenoxy) is 1. The Balaban J connectivity index is 1.94. The van der Waals surface area contributed by atoms with Crippen LogP contribution in [0.5, 0.6) is 0 Å². The first kappa shape index (κ1) is 16.2. The molecule has 0 aliphatic carbocycles. The summed E-state index contributed by atoms with van der Waals surface area (Å²) in [6.07, 6.45) is 1.65. The predicted octanol–water partition coefficient (Wildman–Crippen LogP) is 3.68. The molecule has 5 nitrogen and oxygen atoms in total. The molecule has 128 valence electrons. The number of benzene rings is 1. The van der Waals surface area contributed by atoms with Crippen molar-refractivity contribution in [3.8, 4) is 5.69 Å². The Bertz CT molecular complexity index is 1070. The molecule has 1 aliphatic rings. The molecule has 1 atom stereocenters. The largest absolute Gasteiger partial charge is 0.370 e. The van der Waals surface area contributed by atoms with Crippen LogP contribution in [0.2, 0.25) is 0 Å². The normalized spacial score (nSPS) is 19.8. The minimum atomic E-state index is -0.205. The van der Waals surface area contributed by atoms with Gasteiger partial charge in [0.2, 0.25) is 0 Å². The summed E-state index contributed by atoms with van der Waals surface area (Å²) in [5.74, 6) is 0. The molecular weight excluding hydrogens is 334 g/mol. The van der Waals surface area contributed by atoms with Crippen molar-refractivity contribution >= 4 is 23.3 Å². The second-order valence-corrected chi connectivity index (χ2v) is 7.05. The highest BCUT2D eigenvalue weighted by Gasteiger charge is 2.30. The molecule has 3 heterocycles. The molecule has 0 saturated carbocycles. The molecule has 4 rings (SSSR count). The van der Waals surface area contributed by atoms with Gasteiger partial charge in [-0.15, -0.1) is 0 Å². The first-order chi connectivity index (χ1) is 12.0. The highest BCUT2D eigenvalue weighted by molar-refractivity contribution is 7.71. The molecule has 0 saturated heterocycles. The van der Waals surface area contributed by atoms with Crippen LogP contribution in [0.15, 0.2) is 41.2 Å². The van der Waals surface area contributed by atoms with Gasteiger partial charge in [-0.1, -0.05) is 25.1 Å². The average Bonchev–Trinajstić information content (AvgIpc) is 2.61. The fraction of sp³-hybridized carbons (Fsp3) is 0.316. The van der Waals surface area contributed by atoms with E-state index in [1.807, 2.05) is 36.4 Å². The number of aromatic amines is 1. The number of para-hydroxylation sites is 1. The average molecular weight is 353 g/mol. The lowest BCUT2D eigenvalue weighted by molar-refractivity contribution is -0.0573. The number of hydrogen-bond acceptors (Lipinski definition) is 4. The summed E-state index contributed by atoms with van der Waals surface area (Å²) in [5.41, 5.74) is 2.86. The SMILES string of the molecule is CC[C@]1(C)Cc2nc3[nH]c(=S)n(-c4ccccc4)c(=O)c3cc2CO1. The maximum absolute atomic E-state index is 13.0. The third-order valence-corrected chi connectivity index (χ3v) is 5.22. The summed E-state index contributed by atoms with van der Waals surface area (Å²) in [6, 6.07) is 11.3. The molecule has 0 radical (unpaired) electrons. The monoisotopic (exact) mass is 353 g/mol. The van der Waals surface area contributed by atoms with Gasteiger partial charge in [-0.05, 0) is 43.8 Å². The fourth-order valence-electron chi connectivity index (χ4n) is 3.19. The lowest BCUT2D eigenvalue weighted by atomic mass is 9.91. The number of aromatic nitrogens is 3. The zero-order chi connectivity index (χ0) is 17.6. The highest BCUT2D eigenvalue weighted by atomic mass is 32.1. The van der Waals surface area contributed by atoms with E-state index in [9.17, 15) is 4.79 Å². The molecule has 1 N–H and O–H groups in total. The van der Waals surface area contributed by atoms with Crippen LogP contribution in [0, 0.1) is 4.77 Å². The van der Waals surface area contributed by atoms with Crippen molar-refractivity contribution in [2.24, 2.45) is 0 Å². The Morgan fingerprint density at radius 2 is 2.12 bits per heavy atom. The zero-order valence-corrected chi connectivity index (χ0v) is 15.0. The van der Waals surface area contributed by atoms with Crippen molar-refractivity contribution in [1.82, 2.24) is 14.5 Å². The zero-order valence-electron chi connectivity index (χ0n) is 14.2. The molecule has 3 aromatic rings. The van der Waals surface area contributed by atoms with Gasteiger partial charge in [-0.25, -0.2) is 4.98 Å². The third-order valence-electron chi connectivity index (χ3n) is 4.93. The van der Waals surface area contributed by atoms with Gasteiger partial charge in [0.1, 0.15) is 5.65 Å². The van der Waals surface area contributed by atoms with Gasteiger partial charge in [0.15, 0.2) is 4.77 Å². The first-order valence-electron chi connectivity index (χ1n) is 8.38. The summed E-state index contributed by atoms with van der Waals surface area (Å²) in [6.45, 7) is 4.68. The Morgan fingerprint density at radius 3 is 2.84 bits per heavy atom. The standard InChI is InChI=1S/C19H19N3O2S/c1-3-19(2)10-15-12(11-24-19)9-14-16(20-15)21-18(25)22(17(14)23)13-7-5-4-6-8-13/h4-9H,3,10-11H2,1-2H3,(H,20,21,25)/t19-/m1/s1. The Kier molecular flexibility index (Phi) is 3.81. The van der Waals surface area contributed by atoms with E-state index in [4.69, 9.17) is 21.9 Å². The van der Waals surface area contributed by atoms with Crippen molar-refractivity contribution in [2.45, 2.75) is 38.9 Å². The van der Waals surface area contributed by atoms with E-state index in [1.54, 1.807) is 0 Å². The summed E-state index contributed by atoms with van der Waals surface area (Å²) in [7, 11) is 0. The molecule has 0 amide bonds. The molecule has 6 heteroatoms. The second kappa shape index (κ2) is 5.89. The number of H-pyrrole nitrogens is 1. The molecule has 0 unspecified atom stereocenters. The highest BCUT2D eigenvalue weighted by Crippen LogP contribution is 2.30.